The lowest BCUT2D eigenvalue weighted by Gasteiger charge is -1.99. The molecular formula is C8H15NO2. The first-order valence-electron chi connectivity index (χ1n) is 3.98. The van der Waals surface area contributed by atoms with Crippen molar-refractivity contribution in [1.82, 2.24) is 5.32 Å². The summed E-state index contributed by atoms with van der Waals surface area (Å²) in [5.74, 6) is 0.742. The Morgan fingerprint density at radius 2 is 2.45 bits per heavy atom. The molecule has 0 aromatic carbocycles. The fourth-order valence-corrected chi connectivity index (χ4v) is 1.14. The fraction of sp³-hybridized carbons (Fsp3) is 0.875. The van der Waals surface area contributed by atoms with Gasteiger partial charge < -0.3 is 10.1 Å². The van der Waals surface area contributed by atoms with Gasteiger partial charge in [0.1, 0.15) is 6.61 Å². The SMILES string of the molecule is CNC1C[C@H]1COCC(C)=O. The zero-order chi connectivity index (χ0) is 8.27. The Hall–Kier alpha value is -0.410. The van der Waals surface area contributed by atoms with Gasteiger partial charge in [0.05, 0.1) is 6.61 Å². The topological polar surface area (TPSA) is 38.3 Å². The van der Waals surface area contributed by atoms with Crippen molar-refractivity contribution in [3.05, 3.63) is 0 Å². The van der Waals surface area contributed by atoms with Crippen LogP contribution in [0.4, 0.5) is 0 Å². The summed E-state index contributed by atoms with van der Waals surface area (Å²) in [4.78, 5) is 10.5. The first kappa shape index (κ1) is 8.68. The summed E-state index contributed by atoms with van der Waals surface area (Å²) in [6, 6.07) is 0.627. The Balaban J connectivity index is 1.93. The number of carbonyl (C=O) groups is 1. The van der Waals surface area contributed by atoms with E-state index < -0.39 is 0 Å². The molecule has 1 unspecified atom stereocenters. The predicted octanol–water partition coefficient (Wildman–Crippen LogP) is 0.200. The maximum absolute atomic E-state index is 10.5. The van der Waals surface area contributed by atoms with Gasteiger partial charge in [-0.25, -0.2) is 0 Å². The van der Waals surface area contributed by atoms with E-state index in [0.717, 1.165) is 6.61 Å². The van der Waals surface area contributed by atoms with E-state index in [0.29, 0.717) is 12.0 Å². The van der Waals surface area contributed by atoms with Crippen LogP contribution in [0, 0.1) is 5.92 Å². The molecule has 1 aliphatic rings. The van der Waals surface area contributed by atoms with Crippen LogP contribution in [0.25, 0.3) is 0 Å². The summed E-state index contributed by atoms with van der Waals surface area (Å²) in [6.07, 6.45) is 1.19. The number of rotatable bonds is 5. The highest BCUT2D eigenvalue weighted by Gasteiger charge is 2.35. The van der Waals surface area contributed by atoms with Crippen LogP contribution in [0.1, 0.15) is 13.3 Å². The molecule has 0 aromatic heterocycles. The molecule has 0 bridgehead atoms. The number of hydrogen-bond acceptors (Lipinski definition) is 3. The largest absolute Gasteiger partial charge is 0.373 e. The Labute approximate surface area is 67.1 Å². The van der Waals surface area contributed by atoms with Crippen LogP contribution >= 0.6 is 0 Å². The predicted molar refractivity (Wildman–Crippen MR) is 42.5 cm³/mol. The molecule has 1 rings (SSSR count). The summed E-state index contributed by atoms with van der Waals surface area (Å²) >= 11 is 0. The van der Waals surface area contributed by atoms with Gasteiger partial charge in [-0.1, -0.05) is 0 Å². The standard InChI is InChI=1S/C8H15NO2/c1-6(10)4-11-5-7-3-8(7)9-2/h7-9H,3-5H2,1-2H3/t7-,8?/m0/s1. The van der Waals surface area contributed by atoms with Gasteiger partial charge in [-0.05, 0) is 26.3 Å². The molecule has 0 saturated heterocycles. The minimum absolute atomic E-state index is 0.103. The molecule has 0 aromatic rings. The molecule has 64 valence electrons. The summed E-state index contributed by atoms with van der Waals surface area (Å²) in [6.45, 7) is 2.54. The molecule has 1 saturated carbocycles. The van der Waals surface area contributed by atoms with Crippen molar-refractivity contribution in [2.75, 3.05) is 20.3 Å². The Kier molecular flexibility index (Phi) is 3.02. The lowest BCUT2D eigenvalue weighted by Crippen LogP contribution is -2.14. The van der Waals surface area contributed by atoms with E-state index in [1.54, 1.807) is 6.92 Å². The molecule has 11 heavy (non-hydrogen) atoms. The fourth-order valence-electron chi connectivity index (χ4n) is 1.14. The van der Waals surface area contributed by atoms with Crippen LogP contribution in [0.3, 0.4) is 0 Å². The van der Waals surface area contributed by atoms with Crippen LogP contribution in [-0.2, 0) is 9.53 Å². The molecule has 0 spiro atoms. The summed E-state index contributed by atoms with van der Waals surface area (Å²) in [7, 11) is 1.95. The van der Waals surface area contributed by atoms with Crippen molar-refractivity contribution in [2.24, 2.45) is 5.92 Å². The zero-order valence-electron chi connectivity index (χ0n) is 7.09. The van der Waals surface area contributed by atoms with E-state index in [2.05, 4.69) is 5.32 Å². The third kappa shape index (κ3) is 2.99. The lowest BCUT2D eigenvalue weighted by molar-refractivity contribution is -0.121. The molecule has 1 fully saturated rings. The minimum Gasteiger partial charge on any atom is -0.373 e. The van der Waals surface area contributed by atoms with Crippen molar-refractivity contribution in [3.8, 4) is 0 Å². The molecule has 1 N–H and O–H groups in total. The summed E-state index contributed by atoms with van der Waals surface area (Å²) in [5.41, 5.74) is 0. The van der Waals surface area contributed by atoms with Crippen LogP contribution in [0.2, 0.25) is 0 Å². The number of ether oxygens (including phenoxy) is 1. The Morgan fingerprint density at radius 1 is 1.73 bits per heavy atom. The van der Waals surface area contributed by atoms with Crippen molar-refractivity contribution in [2.45, 2.75) is 19.4 Å². The number of Topliss-reactive ketones (excluding diaryl/α,β-unsaturated/α-hetero) is 1. The molecular weight excluding hydrogens is 142 g/mol. The van der Waals surface area contributed by atoms with Crippen LogP contribution < -0.4 is 5.32 Å². The van der Waals surface area contributed by atoms with E-state index in [1.165, 1.54) is 6.42 Å². The van der Waals surface area contributed by atoms with Crippen molar-refractivity contribution < 1.29 is 9.53 Å². The van der Waals surface area contributed by atoms with E-state index in [9.17, 15) is 4.79 Å². The second-order valence-electron chi connectivity index (χ2n) is 3.11. The summed E-state index contributed by atoms with van der Waals surface area (Å²) < 4.78 is 5.16. The third-order valence-electron chi connectivity index (χ3n) is 1.93. The van der Waals surface area contributed by atoms with E-state index in [4.69, 9.17) is 4.74 Å². The van der Waals surface area contributed by atoms with Gasteiger partial charge in [-0.3, -0.25) is 4.79 Å². The maximum atomic E-state index is 10.5. The van der Waals surface area contributed by atoms with Crippen LogP contribution in [0.5, 0.6) is 0 Å². The maximum Gasteiger partial charge on any atom is 0.155 e. The molecule has 3 nitrogen and oxygen atoms in total. The molecule has 0 radical (unpaired) electrons. The molecule has 2 atom stereocenters. The average molecular weight is 157 g/mol. The van der Waals surface area contributed by atoms with Gasteiger partial charge in [-0.2, -0.15) is 0 Å². The molecule has 0 amide bonds. The van der Waals surface area contributed by atoms with Crippen molar-refractivity contribution in [3.63, 3.8) is 0 Å². The number of nitrogens with one attached hydrogen (secondary N) is 1. The normalized spacial score (nSPS) is 28.5. The van der Waals surface area contributed by atoms with Gasteiger partial charge in [0.25, 0.3) is 0 Å². The minimum atomic E-state index is 0.103. The number of ketones is 1. The van der Waals surface area contributed by atoms with E-state index in [1.807, 2.05) is 7.05 Å². The first-order valence-corrected chi connectivity index (χ1v) is 3.98. The molecule has 0 aliphatic heterocycles. The Morgan fingerprint density at radius 3 is 2.91 bits per heavy atom. The van der Waals surface area contributed by atoms with Crippen molar-refractivity contribution in [1.29, 1.82) is 0 Å². The highest BCUT2D eigenvalue weighted by atomic mass is 16.5. The molecule has 0 heterocycles. The molecule has 1 aliphatic carbocycles. The highest BCUT2D eigenvalue weighted by molar-refractivity contribution is 5.76. The highest BCUT2D eigenvalue weighted by Crippen LogP contribution is 2.29. The first-order chi connectivity index (χ1) is 5.24. The Bertz CT molecular complexity index is 147. The monoisotopic (exact) mass is 157 g/mol. The smallest absolute Gasteiger partial charge is 0.155 e. The van der Waals surface area contributed by atoms with E-state index >= 15 is 0 Å². The van der Waals surface area contributed by atoms with E-state index in [-0.39, 0.29) is 12.4 Å². The van der Waals surface area contributed by atoms with Gasteiger partial charge in [-0.15, -0.1) is 0 Å². The third-order valence-corrected chi connectivity index (χ3v) is 1.93. The zero-order valence-corrected chi connectivity index (χ0v) is 7.09. The summed E-state index contributed by atoms with van der Waals surface area (Å²) in [5, 5.41) is 3.16. The van der Waals surface area contributed by atoms with Gasteiger partial charge in [0.15, 0.2) is 5.78 Å². The number of carbonyl (C=O) groups excluding carboxylic acids is 1. The van der Waals surface area contributed by atoms with Crippen molar-refractivity contribution >= 4 is 5.78 Å². The van der Waals surface area contributed by atoms with Gasteiger partial charge in [0.2, 0.25) is 0 Å². The van der Waals surface area contributed by atoms with Gasteiger partial charge in [0, 0.05) is 6.04 Å². The number of hydrogen-bond donors (Lipinski definition) is 1. The second-order valence-corrected chi connectivity index (χ2v) is 3.11. The van der Waals surface area contributed by atoms with Crippen LogP contribution in [0.15, 0.2) is 0 Å². The average Bonchev–Trinajstić information content (AvgIpc) is 2.66. The lowest BCUT2D eigenvalue weighted by atomic mass is 10.4. The van der Waals surface area contributed by atoms with Crippen LogP contribution in [-0.4, -0.2) is 32.1 Å². The second kappa shape index (κ2) is 3.83. The quantitative estimate of drug-likeness (QED) is 0.619. The molecule has 3 heteroatoms. The van der Waals surface area contributed by atoms with Gasteiger partial charge >= 0.3 is 0 Å².